The Hall–Kier alpha value is -3.08. The standard InChI is InChI=1S/C24H28N2O3/c1-3-17(2)19-10-4-7-13-22(19)26-23(27)16-29-24(28)14-8-9-18-15-25-21-12-6-5-11-20(18)21/h4-7,10-13,15,17,25H,3,8-9,14,16H2,1-2H3,(H,26,27)/t17-/m1/s1. The van der Waals surface area contributed by atoms with Crippen LogP contribution in [0.4, 0.5) is 5.69 Å². The Balaban J connectivity index is 1.43. The first-order valence-corrected chi connectivity index (χ1v) is 10.2. The average Bonchev–Trinajstić information content (AvgIpc) is 3.15. The number of fused-ring (bicyclic) bond motifs is 1. The van der Waals surface area contributed by atoms with Gasteiger partial charge in [-0.15, -0.1) is 0 Å². The van der Waals surface area contributed by atoms with Crippen LogP contribution in [0.2, 0.25) is 0 Å². The number of ether oxygens (including phenoxy) is 1. The minimum Gasteiger partial charge on any atom is -0.456 e. The third-order valence-electron chi connectivity index (χ3n) is 5.24. The summed E-state index contributed by atoms with van der Waals surface area (Å²) in [4.78, 5) is 27.4. The SMILES string of the molecule is CC[C@@H](C)c1ccccc1NC(=O)COC(=O)CCCc1c[nH]c2ccccc12. The van der Waals surface area contributed by atoms with E-state index < -0.39 is 0 Å². The molecule has 0 aliphatic carbocycles. The number of amides is 1. The Bertz CT molecular complexity index is 977. The van der Waals surface area contributed by atoms with E-state index in [9.17, 15) is 9.59 Å². The summed E-state index contributed by atoms with van der Waals surface area (Å²) >= 11 is 0. The molecule has 0 saturated heterocycles. The molecular weight excluding hydrogens is 364 g/mol. The predicted octanol–water partition coefficient (Wildman–Crippen LogP) is 5.19. The highest BCUT2D eigenvalue weighted by Crippen LogP contribution is 2.26. The van der Waals surface area contributed by atoms with Crippen molar-refractivity contribution in [3.8, 4) is 0 Å². The van der Waals surface area contributed by atoms with Crippen molar-refractivity contribution in [2.24, 2.45) is 0 Å². The van der Waals surface area contributed by atoms with E-state index in [4.69, 9.17) is 4.74 Å². The second kappa shape index (κ2) is 9.92. The van der Waals surface area contributed by atoms with Gasteiger partial charge < -0.3 is 15.0 Å². The number of hydrogen-bond acceptors (Lipinski definition) is 3. The monoisotopic (exact) mass is 392 g/mol. The van der Waals surface area contributed by atoms with Crippen LogP contribution in [0, 0.1) is 0 Å². The Kier molecular flexibility index (Phi) is 7.06. The normalized spacial score (nSPS) is 11.9. The molecule has 1 amide bonds. The minimum atomic E-state index is -0.352. The summed E-state index contributed by atoms with van der Waals surface area (Å²) in [5, 5.41) is 4.04. The van der Waals surface area contributed by atoms with E-state index in [-0.39, 0.29) is 24.9 Å². The van der Waals surface area contributed by atoms with Crippen molar-refractivity contribution in [1.29, 1.82) is 0 Å². The van der Waals surface area contributed by atoms with Crippen LogP contribution in [0.15, 0.2) is 54.7 Å². The van der Waals surface area contributed by atoms with Gasteiger partial charge in [-0.2, -0.15) is 0 Å². The fourth-order valence-corrected chi connectivity index (χ4v) is 3.43. The number of aryl methyl sites for hydroxylation is 1. The van der Waals surface area contributed by atoms with Crippen LogP contribution >= 0.6 is 0 Å². The molecule has 0 bridgehead atoms. The Labute approximate surface area is 171 Å². The van der Waals surface area contributed by atoms with E-state index in [2.05, 4.69) is 30.2 Å². The zero-order valence-electron chi connectivity index (χ0n) is 17.0. The molecule has 5 heteroatoms. The fourth-order valence-electron chi connectivity index (χ4n) is 3.43. The van der Waals surface area contributed by atoms with Crippen LogP contribution in [0.25, 0.3) is 10.9 Å². The molecule has 3 aromatic rings. The number of rotatable bonds is 9. The molecule has 0 saturated carbocycles. The lowest BCUT2D eigenvalue weighted by atomic mass is 9.97. The van der Waals surface area contributed by atoms with Crippen LogP contribution in [0.3, 0.4) is 0 Å². The van der Waals surface area contributed by atoms with Gasteiger partial charge in [0.05, 0.1) is 0 Å². The van der Waals surface area contributed by atoms with Gasteiger partial charge in [0.25, 0.3) is 5.91 Å². The van der Waals surface area contributed by atoms with Crippen LogP contribution in [-0.2, 0) is 20.7 Å². The number of H-pyrrole nitrogens is 1. The molecule has 0 fully saturated rings. The molecule has 152 valence electrons. The van der Waals surface area contributed by atoms with Gasteiger partial charge in [0, 0.05) is 29.2 Å². The molecule has 0 aliphatic rings. The maximum atomic E-state index is 12.2. The predicted molar refractivity (Wildman–Crippen MR) is 116 cm³/mol. The zero-order valence-corrected chi connectivity index (χ0v) is 17.0. The van der Waals surface area contributed by atoms with Crippen molar-refractivity contribution in [3.05, 3.63) is 65.9 Å². The highest BCUT2D eigenvalue weighted by molar-refractivity contribution is 5.93. The second-order valence-electron chi connectivity index (χ2n) is 7.32. The molecule has 0 spiro atoms. The molecule has 1 aromatic heterocycles. The highest BCUT2D eigenvalue weighted by Gasteiger charge is 2.13. The van der Waals surface area contributed by atoms with E-state index in [1.54, 1.807) is 0 Å². The third-order valence-corrected chi connectivity index (χ3v) is 5.24. The van der Waals surface area contributed by atoms with Crippen molar-refractivity contribution >= 4 is 28.5 Å². The van der Waals surface area contributed by atoms with Crippen LogP contribution in [0.5, 0.6) is 0 Å². The molecule has 0 radical (unpaired) electrons. The average molecular weight is 392 g/mol. The number of anilines is 1. The number of nitrogens with one attached hydrogen (secondary N) is 2. The number of aromatic nitrogens is 1. The van der Waals surface area contributed by atoms with Gasteiger partial charge in [-0.1, -0.05) is 50.2 Å². The van der Waals surface area contributed by atoms with E-state index in [1.807, 2.05) is 48.7 Å². The number of esters is 1. The van der Waals surface area contributed by atoms with E-state index in [1.165, 1.54) is 10.9 Å². The first kappa shape index (κ1) is 20.6. The van der Waals surface area contributed by atoms with E-state index in [0.717, 1.165) is 29.6 Å². The van der Waals surface area contributed by atoms with Gasteiger partial charge in [-0.3, -0.25) is 9.59 Å². The molecule has 2 aromatic carbocycles. The Morgan fingerprint density at radius 3 is 2.69 bits per heavy atom. The summed E-state index contributed by atoms with van der Waals surface area (Å²) in [6.45, 7) is 3.97. The topological polar surface area (TPSA) is 71.2 Å². The lowest BCUT2D eigenvalue weighted by Gasteiger charge is -2.15. The van der Waals surface area contributed by atoms with Gasteiger partial charge in [0.2, 0.25) is 0 Å². The van der Waals surface area contributed by atoms with E-state index in [0.29, 0.717) is 12.3 Å². The quantitative estimate of drug-likeness (QED) is 0.493. The van der Waals surface area contributed by atoms with E-state index >= 15 is 0 Å². The third kappa shape index (κ3) is 5.47. The van der Waals surface area contributed by atoms with Gasteiger partial charge >= 0.3 is 5.97 Å². The number of carbonyl (C=O) groups is 2. The lowest BCUT2D eigenvalue weighted by Crippen LogP contribution is -2.21. The number of carbonyl (C=O) groups excluding carboxylic acids is 2. The Morgan fingerprint density at radius 1 is 1.10 bits per heavy atom. The molecule has 1 heterocycles. The zero-order chi connectivity index (χ0) is 20.6. The molecule has 0 unspecified atom stereocenters. The van der Waals surface area contributed by atoms with Crippen LogP contribution in [0.1, 0.15) is 50.2 Å². The first-order chi connectivity index (χ1) is 14.1. The number of hydrogen-bond donors (Lipinski definition) is 2. The molecule has 2 N–H and O–H groups in total. The summed E-state index contributed by atoms with van der Waals surface area (Å²) in [6, 6.07) is 15.8. The maximum Gasteiger partial charge on any atom is 0.306 e. The minimum absolute atomic E-state index is 0.263. The first-order valence-electron chi connectivity index (χ1n) is 10.2. The van der Waals surface area contributed by atoms with Crippen LogP contribution in [-0.4, -0.2) is 23.5 Å². The summed E-state index contributed by atoms with van der Waals surface area (Å²) in [5.74, 6) is -0.320. The largest absolute Gasteiger partial charge is 0.456 e. The van der Waals surface area contributed by atoms with Gasteiger partial charge in [0.1, 0.15) is 0 Å². The molecule has 29 heavy (non-hydrogen) atoms. The second-order valence-corrected chi connectivity index (χ2v) is 7.32. The molecule has 3 rings (SSSR count). The van der Waals surface area contributed by atoms with Crippen molar-refractivity contribution in [1.82, 2.24) is 4.98 Å². The van der Waals surface area contributed by atoms with Crippen LogP contribution < -0.4 is 5.32 Å². The summed E-state index contributed by atoms with van der Waals surface area (Å²) in [5.41, 5.74) is 4.16. The van der Waals surface area contributed by atoms with Gasteiger partial charge in [-0.05, 0) is 48.4 Å². The fraction of sp³-hybridized carbons (Fsp3) is 0.333. The highest BCUT2D eigenvalue weighted by atomic mass is 16.5. The summed E-state index contributed by atoms with van der Waals surface area (Å²) < 4.78 is 5.15. The smallest absolute Gasteiger partial charge is 0.306 e. The summed E-state index contributed by atoms with van der Waals surface area (Å²) in [7, 11) is 0. The number of para-hydroxylation sites is 2. The number of benzene rings is 2. The van der Waals surface area contributed by atoms with Gasteiger partial charge in [0.15, 0.2) is 6.61 Å². The Morgan fingerprint density at radius 2 is 1.86 bits per heavy atom. The maximum absolute atomic E-state index is 12.2. The van der Waals surface area contributed by atoms with Crippen molar-refractivity contribution < 1.29 is 14.3 Å². The number of aromatic amines is 1. The lowest BCUT2D eigenvalue weighted by molar-refractivity contribution is -0.147. The van der Waals surface area contributed by atoms with Crippen molar-refractivity contribution in [3.63, 3.8) is 0 Å². The molecule has 0 aliphatic heterocycles. The van der Waals surface area contributed by atoms with Crippen molar-refractivity contribution in [2.45, 2.75) is 45.4 Å². The van der Waals surface area contributed by atoms with Gasteiger partial charge in [-0.25, -0.2) is 0 Å². The van der Waals surface area contributed by atoms with Crippen molar-refractivity contribution in [2.75, 3.05) is 11.9 Å². The molecular formula is C24H28N2O3. The summed E-state index contributed by atoms with van der Waals surface area (Å²) in [6.07, 6.45) is 4.72. The molecule has 5 nitrogen and oxygen atoms in total. The molecule has 1 atom stereocenters.